The Bertz CT molecular complexity index is 561. The molecule has 0 fully saturated rings. The van der Waals surface area contributed by atoms with E-state index in [0.29, 0.717) is 10.6 Å². The summed E-state index contributed by atoms with van der Waals surface area (Å²) in [5.74, 6) is 0. The second-order valence-corrected chi connectivity index (χ2v) is 3.98. The van der Waals surface area contributed by atoms with E-state index in [1.54, 1.807) is 16.8 Å². The summed E-state index contributed by atoms with van der Waals surface area (Å²) in [5, 5.41) is 14.0. The van der Waals surface area contributed by atoms with Gasteiger partial charge >= 0.3 is 0 Å². The molecule has 0 aliphatic heterocycles. The van der Waals surface area contributed by atoms with Crippen molar-refractivity contribution in [1.82, 2.24) is 9.78 Å². The van der Waals surface area contributed by atoms with Gasteiger partial charge in [0.2, 0.25) is 0 Å². The van der Waals surface area contributed by atoms with Crippen LogP contribution in [0.5, 0.6) is 0 Å². The third kappa shape index (κ3) is 1.68. The van der Waals surface area contributed by atoms with E-state index in [0.717, 1.165) is 17.1 Å². The minimum Gasteiger partial charge on any atom is -0.236 e. The van der Waals surface area contributed by atoms with Gasteiger partial charge in [-0.25, -0.2) is 4.68 Å². The molecule has 80 valence electrons. The fourth-order valence-electron chi connectivity index (χ4n) is 1.64. The van der Waals surface area contributed by atoms with Crippen LogP contribution < -0.4 is 0 Å². The highest BCUT2D eigenvalue weighted by atomic mass is 35.5. The van der Waals surface area contributed by atoms with Gasteiger partial charge in [0.25, 0.3) is 0 Å². The van der Waals surface area contributed by atoms with Crippen molar-refractivity contribution in [3.05, 3.63) is 46.2 Å². The van der Waals surface area contributed by atoms with Crippen LogP contribution in [0.2, 0.25) is 5.02 Å². The van der Waals surface area contributed by atoms with E-state index < -0.39 is 0 Å². The van der Waals surface area contributed by atoms with Crippen LogP contribution >= 0.6 is 11.6 Å². The molecule has 2 aromatic rings. The standard InChI is InChI=1S/C12H10ClN3/c1-8-12(7-14)9(2)16(15-8)11-5-3-10(13)4-6-11/h3-6H,1-2H3. The van der Waals surface area contributed by atoms with Crippen LogP contribution in [-0.4, -0.2) is 9.78 Å². The quantitative estimate of drug-likeness (QED) is 0.757. The molecule has 3 nitrogen and oxygen atoms in total. The number of rotatable bonds is 1. The normalized spacial score (nSPS) is 10.1. The van der Waals surface area contributed by atoms with Crippen molar-refractivity contribution in [2.24, 2.45) is 0 Å². The zero-order valence-electron chi connectivity index (χ0n) is 9.03. The molecule has 1 heterocycles. The van der Waals surface area contributed by atoms with Gasteiger partial charge in [-0.05, 0) is 38.1 Å². The third-order valence-corrected chi connectivity index (χ3v) is 2.73. The van der Waals surface area contributed by atoms with Gasteiger partial charge in [-0.1, -0.05) is 11.6 Å². The van der Waals surface area contributed by atoms with Crippen molar-refractivity contribution >= 4 is 11.6 Å². The first-order chi connectivity index (χ1) is 7.63. The number of nitrogens with zero attached hydrogens (tertiary/aromatic N) is 3. The molecule has 0 saturated carbocycles. The molecule has 0 radical (unpaired) electrons. The fourth-order valence-corrected chi connectivity index (χ4v) is 1.76. The predicted molar refractivity (Wildman–Crippen MR) is 62.8 cm³/mol. The highest BCUT2D eigenvalue weighted by Gasteiger charge is 2.11. The average molecular weight is 232 g/mol. The molecule has 0 bridgehead atoms. The molecule has 1 aromatic carbocycles. The molecule has 2 rings (SSSR count). The smallest absolute Gasteiger partial charge is 0.103 e. The molecular weight excluding hydrogens is 222 g/mol. The predicted octanol–water partition coefficient (Wildman–Crippen LogP) is 3.01. The van der Waals surface area contributed by atoms with Crippen LogP contribution in [0.25, 0.3) is 5.69 Å². The molecule has 0 N–H and O–H groups in total. The summed E-state index contributed by atoms with van der Waals surface area (Å²) in [6.07, 6.45) is 0. The van der Waals surface area contributed by atoms with Gasteiger partial charge in [-0.3, -0.25) is 0 Å². The van der Waals surface area contributed by atoms with Crippen LogP contribution in [0.3, 0.4) is 0 Å². The second kappa shape index (κ2) is 3.99. The van der Waals surface area contributed by atoms with Gasteiger partial charge in [0.05, 0.1) is 22.6 Å². The van der Waals surface area contributed by atoms with Crippen LogP contribution in [0.4, 0.5) is 0 Å². The monoisotopic (exact) mass is 231 g/mol. The number of benzene rings is 1. The largest absolute Gasteiger partial charge is 0.236 e. The average Bonchev–Trinajstić information content (AvgIpc) is 2.55. The van der Waals surface area contributed by atoms with Gasteiger partial charge in [-0.15, -0.1) is 0 Å². The van der Waals surface area contributed by atoms with Gasteiger partial charge in [0, 0.05) is 5.02 Å². The van der Waals surface area contributed by atoms with Crippen molar-refractivity contribution in [3.8, 4) is 11.8 Å². The van der Waals surface area contributed by atoms with Crippen LogP contribution in [-0.2, 0) is 0 Å². The molecule has 1 aromatic heterocycles. The Hall–Kier alpha value is -1.79. The van der Waals surface area contributed by atoms with Crippen molar-refractivity contribution in [2.75, 3.05) is 0 Å². The molecule has 16 heavy (non-hydrogen) atoms. The number of aryl methyl sites for hydroxylation is 1. The number of halogens is 1. The van der Waals surface area contributed by atoms with E-state index >= 15 is 0 Å². The Morgan fingerprint density at radius 3 is 2.38 bits per heavy atom. The number of aromatic nitrogens is 2. The van der Waals surface area contributed by atoms with E-state index in [1.165, 1.54) is 0 Å². The Balaban J connectivity index is 2.58. The minimum absolute atomic E-state index is 0.634. The van der Waals surface area contributed by atoms with Crippen molar-refractivity contribution in [1.29, 1.82) is 5.26 Å². The van der Waals surface area contributed by atoms with Gasteiger partial charge in [-0.2, -0.15) is 10.4 Å². The van der Waals surface area contributed by atoms with Gasteiger partial charge in [0.1, 0.15) is 6.07 Å². The molecule has 0 saturated heterocycles. The molecule has 4 heteroatoms. The van der Waals surface area contributed by atoms with Crippen LogP contribution in [0.15, 0.2) is 24.3 Å². The van der Waals surface area contributed by atoms with Gasteiger partial charge < -0.3 is 0 Å². The summed E-state index contributed by atoms with van der Waals surface area (Å²) in [6, 6.07) is 9.52. The molecule has 0 amide bonds. The molecule has 0 unspecified atom stereocenters. The lowest BCUT2D eigenvalue weighted by Gasteiger charge is -2.03. The molecular formula is C12H10ClN3. The summed E-state index contributed by atoms with van der Waals surface area (Å²) in [6.45, 7) is 3.71. The Labute approximate surface area is 98.9 Å². The second-order valence-electron chi connectivity index (χ2n) is 3.55. The number of nitriles is 1. The highest BCUT2D eigenvalue weighted by Crippen LogP contribution is 2.18. The minimum atomic E-state index is 0.634. The summed E-state index contributed by atoms with van der Waals surface area (Å²) in [7, 11) is 0. The van der Waals surface area contributed by atoms with Crippen molar-refractivity contribution in [3.63, 3.8) is 0 Å². The van der Waals surface area contributed by atoms with E-state index in [4.69, 9.17) is 16.9 Å². The number of hydrogen-bond acceptors (Lipinski definition) is 2. The maximum Gasteiger partial charge on any atom is 0.103 e. The summed E-state index contributed by atoms with van der Waals surface area (Å²) >= 11 is 5.82. The van der Waals surface area contributed by atoms with E-state index in [1.807, 2.05) is 26.0 Å². The third-order valence-electron chi connectivity index (χ3n) is 2.47. The summed E-state index contributed by atoms with van der Waals surface area (Å²) in [4.78, 5) is 0. The first kappa shape index (κ1) is 10.7. The Morgan fingerprint density at radius 2 is 1.88 bits per heavy atom. The SMILES string of the molecule is Cc1nn(-c2ccc(Cl)cc2)c(C)c1C#N. The van der Waals surface area contributed by atoms with Crippen LogP contribution in [0, 0.1) is 25.2 Å². The lowest BCUT2D eigenvalue weighted by Crippen LogP contribution is -1.98. The topological polar surface area (TPSA) is 41.6 Å². The van der Waals surface area contributed by atoms with E-state index in [2.05, 4.69) is 11.2 Å². The van der Waals surface area contributed by atoms with E-state index in [9.17, 15) is 0 Å². The first-order valence-electron chi connectivity index (χ1n) is 4.85. The fraction of sp³-hybridized carbons (Fsp3) is 0.167. The molecule has 0 aliphatic rings. The lowest BCUT2D eigenvalue weighted by atomic mass is 10.2. The Kier molecular flexibility index (Phi) is 2.67. The maximum atomic E-state index is 8.98. The Morgan fingerprint density at radius 1 is 1.25 bits per heavy atom. The molecule has 0 atom stereocenters. The lowest BCUT2D eigenvalue weighted by molar-refractivity contribution is 0.833. The summed E-state index contributed by atoms with van der Waals surface area (Å²) < 4.78 is 1.75. The molecule has 0 aliphatic carbocycles. The van der Waals surface area contributed by atoms with Gasteiger partial charge in [0.15, 0.2) is 0 Å². The van der Waals surface area contributed by atoms with Crippen molar-refractivity contribution < 1.29 is 0 Å². The van der Waals surface area contributed by atoms with E-state index in [-0.39, 0.29) is 0 Å². The van der Waals surface area contributed by atoms with Crippen molar-refractivity contribution in [2.45, 2.75) is 13.8 Å². The maximum absolute atomic E-state index is 8.98. The zero-order valence-corrected chi connectivity index (χ0v) is 9.78. The highest BCUT2D eigenvalue weighted by molar-refractivity contribution is 6.30. The summed E-state index contributed by atoms with van der Waals surface area (Å²) in [5.41, 5.74) is 3.14. The number of hydrogen-bond donors (Lipinski definition) is 0. The van der Waals surface area contributed by atoms with Crippen LogP contribution in [0.1, 0.15) is 17.0 Å². The zero-order chi connectivity index (χ0) is 11.7. The first-order valence-corrected chi connectivity index (χ1v) is 5.23. The molecule has 0 spiro atoms.